The smallest absolute Gasteiger partial charge is 0.244 e. The van der Waals surface area contributed by atoms with E-state index >= 15 is 0 Å². The normalized spacial score (nSPS) is 18.9. The highest BCUT2D eigenvalue weighted by molar-refractivity contribution is 5.83. The standard InChI is InChI=1S/C14H24N4O/c1-10(2)11-4-6-18(7-5-11)14(19)13(15)12-8-16-17(3)9-12/h8-11,13H,4-7,15H2,1-3H3. The Hall–Kier alpha value is -1.36. The molecule has 5 nitrogen and oxygen atoms in total. The van der Waals surface area contributed by atoms with E-state index in [9.17, 15) is 4.79 Å². The van der Waals surface area contributed by atoms with E-state index in [1.54, 1.807) is 10.9 Å². The van der Waals surface area contributed by atoms with Gasteiger partial charge in [0.05, 0.1) is 6.20 Å². The Kier molecular flexibility index (Phi) is 4.24. The Morgan fingerprint density at radius 2 is 2.05 bits per heavy atom. The van der Waals surface area contributed by atoms with Crippen LogP contribution in [0.15, 0.2) is 12.4 Å². The average Bonchev–Trinajstić information content (AvgIpc) is 2.84. The van der Waals surface area contributed by atoms with Gasteiger partial charge in [0, 0.05) is 31.9 Å². The monoisotopic (exact) mass is 264 g/mol. The third-order valence-corrected chi connectivity index (χ3v) is 4.14. The maximum atomic E-state index is 12.3. The van der Waals surface area contributed by atoms with E-state index < -0.39 is 6.04 Å². The molecular weight excluding hydrogens is 240 g/mol. The molecule has 1 aliphatic rings. The predicted octanol–water partition coefficient (Wildman–Crippen LogP) is 1.31. The summed E-state index contributed by atoms with van der Waals surface area (Å²) in [7, 11) is 1.83. The predicted molar refractivity (Wildman–Crippen MR) is 74.3 cm³/mol. The lowest BCUT2D eigenvalue weighted by Gasteiger charge is -2.35. The minimum absolute atomic E-state index is 0.0233. The van der Waals surface area contributed by atoms with Crippen LogP contribution < -0.4 is 5.73 Å². The molecule has 0 aromatic carbocycles. The molecule has 1 aliphatic heterocycles. The first-order valence-corrected chi connectivity index (χ1v) is 7.02. The van der Waals surface area contributed by atoms with Gasteiger partial charge in [-0.3, -0.25) is 9.48 Å². The highest BCUT2D eigenvalue weighted by Crippen LogP contribution is 2.25. The van der Waals surface area contributed by atoms with Crippen molar-refractivity contribution >= 4 is 5.91 Å². The molecule has 0 saturated carbocycles. The maximum Gasteiger partial charge on any atom is 0.244 e. The van der Waals surface area contributed by atoms with Crippen LogP contribution in [-0.2, 0) is 11.8 Å². The van der Waals surface area contributed by atoms with E-state index in [0.717, 1.165) is 37.4 Å². The highest BCUT2D eigenvalue weighted by Gasteiger charge is 2.28. The van der Waals surface area contributed by atoms with Crippen molar-refractivity contribution in [3.63, 3.8) is 0 Å². The number of carbonyl (C=O) groups excluding carboxylic acids is 1. The molecule has 1 amide bonds. The number of aromatic nitrogens is 2. The Morgan fingerprint density at radius 3 is 2.53 bits per heavy atom. The lowest BCUT2D eigenvalue weighted by atomic mass is 9.86. The number of hydrogen-bond donors (Lipinski definition) is 1. The molecule has 1 saturated heterocycles. The zero-order chi connectivity index (χ0) is 14.0. The summed E-state index contributed by atoms with van der Waals surface area (Å²) in [6.45, 7) is 6.17. The van der Waals surface area contributed by atoms with Gasteiger partial charge < -0.3 is 10.6 Å². The van der Waals surface area contributed by atoms with E-state index in [1.165, 1.54) is 0 Å². The topological polar surface area (TPSA) is 64.2 Å². The van der Waals surface area contributed by atoms with E-state index in [1.807, 2.05) is 18.1 Å². The van der Waals surface area contributed by atoms with E-state index in [0.29, 0.717) is 5.92 Å². The van der Waals surface area contributed by atoms with Crippen molar-refractivity contribution in [3.8, 4) is 0 Å². The molecule has 1 unspecified atom stereocenters. The zero-order valence-electron chi connectivity index (χ0n) is 12.0. The second-order valence-corrected chi connectivity index (χ2v) is 5.83. The third-order valence-electron chi connectivity index (χ3n) is 4.14. The van der Waals surface area contributed by atoms with Crippen LogP contribution in [-0.4, -0.2) is 33.7 Å². The maximum absolute atomic E-state index is 12.3. The van der Waals surface area contributed by atoms with Crippen molar-refractivity contribution < 1.29 is 4.79 Å². The first-order chi connectivity index (χ1) is 8.99. The average molecular weight is 264 g/mol. The number of aryl methyl sites for hydroxylation is 1. The fraction of sp³-hybridized carbons (Fsp3) is 0.714. The fourth-order valence-corrected chi connectivity index (χ4v) is 2.73. The minimum atomic E-state index is -0.579. The summed E-state index contributed by atoms with van der Waals surface area (Å²) < 4.78 is 1.67. The lowest BCUT2D eigenvalue weighted by molar-refractivity contribution is -0.134. The Morgan fingerprint density at radius 1 is 1.42 bits per heavy atom. The van der Waals surface area contributed by atoms with Gasteiger partial charge in [-0.2, -0.15) is 5.10 Å². The Bertz CT molecular complexity index is 432. The molecular formula is C14H24N4O. The van der Waals surface area contributed by atoms with E-state index in [2.05, 4.69) is 18.9 Å². The second-order valence-electron chi connectivity index (χ2n) is 5.83. The van der Waals surface area contributed by atoms with Crippen LogP contribution in [0.2, 0.25) is 0 Å². The van der Waals surface area contributed by atoms with Crippen LogP contribution in [0.25, 0.3) is 0 Å². The van der Waals surface area contributed by atoms with Gasteiger partial charge in [-0.05, 0) is 24.7 Å². The van der Waals surface area contributed by atoms with E-state index in [4.69, 9.17) is 5.73 Å². The van der Waals surface area contributed by atoms with Crippen molar-refractivity contribution in [1.29, 1.82) is 0 Å². The quantitative estimate of drug-likeness (QED) is 0.895. The van der Waals surface area contributed by atoms with Crippen molar-refractivity contribution in [3.05, 3.63) is 18.0 Å². The summed E-state index contributed by atoms with van der Waals surface area (Å²) in [5, 5.41) is 4.07. The summed E-state index contributed by atoms with van der Waals surface area (Å²) in [6.07, 6.45) is 5.65. The van der Waals surface area contributed by atoms with Crippen LogP contribution in [0, 0.1) is 11.8 Å². The molecule has 2 N–H and O–H groups in total. The van der Waals surface area contributed by atoms with E-state index in [-0.39, 0.29) is 5.91 Å². The molecule has 2 heterocycles. The van der Waals surface area contributed by atoms with Crippen LogP contribution in [0.5, 0.6) is 0 Å². The summed E-state index contributed by atoms with van der Waals surface area (Å²) in [5.74, 6) is 1.46. The SMILES string of the molecule is CC(C)C1CCN(C(=O)C(N)c2cnn(C)c2)CC1. The summed E-state index contributed by atoms with van der Waals surface area (Å²) in [4.78, 5) is 14.2. The van der Waals surface area contributed by atoms with Crippen LogP contribution in [0.1, 0.15) is 38.3 Å². The highest BCUT2D eigenvalue weighted by atomic mass is 16.2. The first kappa shape index (κ1) is 14.1. The molecule has 1 aromatic rings. The number of nitrogens with zero attached hydrogens (tertiary/aromatic N) is 3. The van der Waals surface area contributed by atoms with Crippen molar-refractivity contribution in [2.45, 2.75) is 32.7 Å². The minimum Gasteiger partial charge on any atom is -0.341 e. The van der Waals surface area contributed by atoms with Crippen LogP contribution in [0.3, 0.4) is 0 Å². The first-order valence-electron chi connectivity index (χ1n) is 7.02. The number of rotatable bonds is 3. The molecule has 0 radical (unpaired) electrons. The molecule has 0 spiro atoms. The Balaban J connectivity index is 1.94. The van der Waals surface area contributed by atoms with Crippen molar-refractivity contribution in [1.82, 2.24) is 14.7 Å². The fourth-order valence-electron chi connectivity index (χ4n) is 2.73. The Labute approximate surface area is 114 Å². The van der Waals surface area contributed by atoms with Crippen LogP contribution in [0.4, 0.5) is 0 Å². The van der Waals surface area contributed by atoms with Crippen LogP contribution >= 0.6 is 0 Å². The second kappa shape index (κ2) is 5.74. The van der Waals surface area contributed by atoms with Gasteiger partial charge in [-0.15, -0.1) is 0 Å². The van der Waals surface area contributed by atoms with Gasteiger partial charge in [-0.25, -0.2) is 0 Å². The van der Waals surface area contributed by atoms with Crippen molar-refractivity contribution in [2.75, 3.05) is 13.1 Å². The van der Waals surface area contributed by atoms with Gasteiger partial charge in [0.2, 0.25) is 5.91 Å². The summed E-state index contributed by atoms with van der Waals surface area (Å²) >= 11 is 0. The van der Waals surface area contributed by atoms with Gasteiger partial charge >= 0.3 is 0 Å². The largest absolute Gasteiger partial charge is 0.341 e. The molecule has 0 aliphatic carbocycles. The summed E-state index contributed by atoms with van der Waals surface area (Å²) in [5.41, 5.74) is 6.82. The van der Waals surface area contributed by atoms with Crippen molar-refractivity contribution in [2.24, 2.45) is 24.6 Å². The lowest BCUT2D eigenvalue weighted by Crippen LogP contribution is -2.43. The van der Waals surface area contributed by atoms with Gasteiger partial charge in [-0.1, -0.05) is 13.8 Å². The molecule has 1 fully saturated rings. The number of amides is 1. The number of carbonyl (C=O) groups is 1. The van der Waals surface area contributed by atoms with Gasteiger partial charge in [0.15, 0.2) is 0 Å². The molecule has 2 rings (SSSR count). The molecule has 0 bridgehead atoms. The molecule has 1 atom stereocenters. The number of piperidine rings is 1. The zero-order valence-corrected chi connectivity index (χ0v) is 12.0. The molecule has 106 valence electrons. The summed E-state index contributed by atoms with van der Waals surface area (Å²) in [6, 6.07) is -0.579. The number of likely N-dealkylation sites (tertiary alicyclic amines) is 1. The number of hydrogen-bond acceptors (Lipinski definition) is 3. The molecule has 1 aromatic heterocycles. The third kappa shape index (κ3) is 3.15. The molecule has 5 heteroatoms. The van der Waals surface area contributed by atoms with Gasteiger partial charge in [0.25, 0.3) is 0 Å². The number of nitrogens with two attached hydrogens (primary N) is 1. The van der Waals surface area contributed by atoms with Gasteiger partial charge in [0.1, 0.15) is 6.04 Å². The molecule has 19 heavy (non-hydrogen) atoms.